The van der Waals surface area contributed by atoms with Crippen LogP contribution in [0.1, 0.15) is 6.92 Å². The highest BCUT2D eigenvalue weighted by Gasteiger charge is 2.28. The highest BCUT2D eigenvalue weighted by atomic mass is 19.4. The van der Waals surface area contributed by atoms with Crippen LogP contribution in [0.2, 0.25) is 0 Å². The van der Waals surface area contributed by atoms with Crippen LogP contribution in [0.4, 0.5) is 18.9 Å². The number of halogens is 3. The number of rotatable bonds is 4. The van der Waals surface area contributed by atoms with Crippen molar-refractivity contribution < 1.29 is 22.6 Å². The highest BCUT2D eigenvalue weighted by molar-refractivity contribution is 5.50. The Morgan fingerprint density at radius 1 is 1.12 bits per heavy atom. The average Bonchev–Trinajstić information content (AvgIpc) is 2.13. The lowest BCUT2D eigenvalue weighted by Gasteiger charge is -2.11. The average molecular weight is 235 g/mol. The molecule has 6 heteroatoms. The van der Waals surface area contributed by atoms with Gasteiger partial charge in [-0.2, -0.15) is 13.2 Å². The van der Waals surface area contributed by atoms with Crippen molar-refractivity contribution in [3.8, 4) is 11.5 Å². The molecule has 0 saturated heterocycles. The van der Waals surface area contributed by atoms with Gasteiger partial charge in [0.15, 0.2) is 6.61 Å². The van der Waals surface area contributed by atoms with Crippen LogP contribution in [0.5, 0.6) is 11.5 Å². The lowest BCUT2D eigenvalue weighted by molar-refractivity contribution is -0.153. The minimum atomic E-state index is -4.36. The number of benzene rings is 1. The maximum Gasteiger partial charge on any atom is 0.422 e. The molecule has 90 valence electrons. The van der Waals surface area contributed by atoms with Crippen molar-refractivity contribution in [1.29, 1.82) is 0 Å². The smallest absolute Gasteiger partial charge is 0.422 e. The minimum Gasteiger partial charge on any atom is -0.494 e. The van der Waals surface area contributed by atoms with E-state index in [4.69, 9.17) is 10.5 Å². The van der Waals surface area contributed by atoms with Crippen molar-refractivity contribution in [2.24, 2.45) is 0 Å². The number of hydrogen-bond acceptors (Lipinski definition) is 3. The normalized spacial score (nSPS) is 11.2. The van der Waals surface area contributed by atoms with Gasteiger partial charge in [-0.25, -0.2) is 0 Å². The standard InChI is InChI=1S/C10H12F3NO2/c1-2-15-8-3-7(14)4-9(5-8)16-6-10(11,12)13/h3-5H,2,6,14H2,1H3. The molecule has 1 aromatic rings. The molecule has 2 N–H and O–H groups in total. The third-order valence-electron chi connectivity index (χ3n) is 1.62. The third-order valence-corrected chi connectivity index (χ3v) is 1.62. The van der Waals surface area contributed by atoms with E-state index in [1.165, 1.54) is 18.2 Å². The molecule has 0 aliphatic carbocycles. The van der Waals surface area contributed by atoms with Gasteiger partial charge in [0.05, 0.1) is 6.61 Å². The van der Waals surface area contributed by atoms with E-state index < -0.39 is 12.8 Å². The van der Waals surface area contributed by atoms with Crippen LogP contribution in [0, 0.1) is 0 Å². The number of alkyl halides is 3. The fourth-order valence-electron chi connectivity index (χ4n) is 1.09. The minimum absolute atomic E-state index is 0.0424. The van der Waals surface area contributed by atoms with Crippen LogP contribution < -0.4 is 15.2 Å². The van der Waals surface area contributed by atoms with Crippen LogP contribution in [-0.2, 0) is 0 Å². The molecule has 0 bridgehead atoms. The molecule has 0 heterocycles. The van der Waals surface area contributed by atoms with Crippen molar-refractivity contribution >= 4 is 5.69 Å². The van der Waals surface area contributed by atoms with Gasteiger partial charge in [0, 0.05) is 23.9 Å². The molecular weight excluding hydrogens is 223 g/mol. The Balaban J connectivity index is 2.72. The zero-order valence-corrected chi connectivity index (χ0v) is 8.67. The first kappa shape index (κ1) is 12.5. The summed E-state index contributed by atoms with van der Waals surface area (Å²) in [6, 6.07) is 4.20. The van der Waals surface area contributed by atoms with E-state index in [-0.39, 0.29) is 5.75 Å². The van der Waals surface area contributed by atoms with Gasteiger partial charge in [-0.1, -0.05) is 0 Å². The summed E-state index contributed by atoms with van der Waals surface area (Å²) in [5, 5.41) is 0. The molecule has 1 rings (SSSR count). The molecule has 1 aromatic carbocycles. The Morgan fingerprint density at radius 3 is 2.19 bits per heavy atom. The second-order valence-electron chi connectivity index (χ2n) is 3.07. The summed E-state index contributed by atoms with van der Waals surface area (Å²) in [4.78, 5) is 0. The topological polar surface area (TPSA) is 44.5 Å². The fourth-order valence-corrected chi connectivity index (χ4v) is 1.09. The number of anilines is 1. The second-order valence-corrected chi connectivity index (χ2v) is 3.07. The SMILES string of the molecule is CCOc1cc(N)cc(OCC(F)(F)F)c1. The Kier molecular flexibility index (Phi) is 3.87. The lowest BCUT2D eigenvalue weighted by atomic mass is 10.3. The van der Waals surface area contributed by atoms with Crippen molar-refractivity contribution in [1.82, 2.24) is 0 Å². The molecule has 0 radical (unpaired) electrons. The molecule has 0 spiro atoms. The third kappa shape index (κ3) is 4.29. The maximum atomic E-state index is 11.9. The Bertz CT molecular complexity index is 352. The zero-order chi connectivity index (χ0) is 12.2. The molecule has 0 aliphatic heterocycles. The van der Waals surface area contributed by atoms with Gasteiger partial charge in [-0.05, 0) is 6.92 Å². The zero-order valence-electron chi connectivity index (χ0n) is 8.67. The van der Waals surface area contributed by atoms with E-state index in [0.29, 0.717) is 18.0 Å². The van der Waals surface area contributed by atoms with E-state index in [0.717, 1.165) is 0 Å². The van der Waals surface area contributed by atoms with Crippen molar-refractivity contribution in [3.05, 3.63) is 18.2 Å². The number of nitrogens with two attached hydrogens (primary N) is 1. The molecule has 0 fully saturated rings. The fraction of sp³-hybridized carbons (Fsp3) is 0.400. The van der Waals surface area contributed by atoms with Crippen molar-refractivity contribution in [2.45, 2.75) is 13.1 Å². The maximum absolute atomic E-state index is 11.9. The van der Waals surface area contributed by atoms with Gasteiger partial charge in [-0.3, -0.25) is 0 Å². The second kappa shape index (κ2) is 4.96. The number of hydrogen-bond donors (Lipinski definition) is 1. The van der Waals surface area contributed by atoms with Gasteiger partial charge >= 0.3 is 6.18 Å². The number of ether oxygens (including phenoxy) is 2. The van der Waals surface area contributed by atoms with Crippen LogP contribution in [-0.4, -0.2) is 19.4 Å². The Labute approximate surface area is 91.0 Å². The summed E-state index contributed by atoms with van der Waals surface area (Å²) < 4.78 is 45.4. The van der Waals surface area contributed by atoms with E-state index in [1.54, 1.807) is 6.92 Å². The Hall–Kier alpha value is -1.59. The van der Waals surface area contributed by atoms with Crippen molar-refractivity contribution in [2.75, 3.05) is 18.9 Å². The molecule has 0 amide bonds. The van der Waals surface area contributed by atoms with Gasteiger partial charge < -0.3 is 15.2 Å². The van der Waals surface area contributed by atoms with E-state index in [2.05, 4.69) is 4.74 Å². The van der Waals surface area contributed by atoms with Gasteiger partial charge in [-0.15, -0.1) is 0 Å². The van der Waals surface area contributed by atoms with E-state index >= 15 is 0 Å². The van der Waals surface area contributed by atoms with Crippen LogP contribution in [0.15, 0.2) is 18.2 Å². The highest BCUT2D eigenvalue weighted by Crippen LogP contribution is 2.26. The summed E-state index contributed by atoms with van der Waals surface area (Å²) in [6.07, 6.45) is -4.36. The largest absolute Gasteiger partial charge is 0.494 e. The summed E-state index contributed by atoms with van der Waals surface area (Å²) in [6.45, 7) is 0.823. The summed E-state index contributed by atoms with van der Waals surface area (Å²) in [7, 11) is 0. The van der Waals surface area contributed by atoms with Gasteiger partial charge in [0.1, 0.15) is 11.5 Å². The summed E-state index contributed by atoms with van der Waals surface area (Å²) in [5.41, 5.74) is 5.78. The molecule has 3 nitrogen and oxygen atoms in total. The molecule has 16 heavy (non-hydrogen) atoms. The van der Waals surface area contributed by atoms with E-state index in [1.807, 2.05) is 0 Å². The van der Waals surface area contributed by atoms with Gasteiger partial charge in [0.2, 0.25) is 0 Å². The molecule has 0 saturated carbocycles. The quantitative estimate of drug-likeness (QED) is 0.816. The van der Waals surface area contributed by atoms with E-state index in [9.17, 15) is 13.2 Å². The van der Waals surface area contributed by atoms with Crippen LogP contribution >= 0.6 is 0 Å². The molecule has 0 unspecified atom stereocenters. The monoisotopic (exact) mass is 235 g/mol. The molecule has 0 aliphatic rings. The number of nitrogen functional groups attached to an aromatic ring is 1. The first-order valence-corrected chi connectivity index (χ1v) is 4.63. The Morgan fingerprint density at radius 2 is 1.69 bits per heavy atom. The van der Waals surface area contributed by atoms with Crippen LogP contribution in [0.25, 0.3) is 0 Å². The predicted octanol–water partition coefficient (Wildman–Crippen LogP) is 2.61. The van der Waals surface area contributed by atoms with Gasteiger partial charge in [0.25, 0.3) is 0 Å². The first-order chi connectivity index (χ1) is 7.40. The summed E-state index contributed by atoms with van der Waals surface area (Å²) >= 11 is 0. The lowest BCUT2D eigenvalue weighted by Crippen LogP contribution is -2.19. The molecular formula is C10H12F3NO2. The predicted molar refractivity (Wildman–Crippen MR) is 53.6 cm³/mol. The van der Waals surface area contributed by atoms with Crippen molar-refractivity contribution in [3.63, 3.8) is 0 Å². The van der Waals surface area contributed by atoms with Crippen LogP contribution in [0.3, 0.4) is 0 Å². The summed E-state index contributed by atoms with van der Waals surface area (Å²) in [5.74, 6) is 0.431. The molecule has 0 atom stereocenters. The first-order valence-electron chi connectivity index (χ1n) is 4.63. The molecule has 0 aromatic heterocycles.